The number of rotatable bonds is 9. The maximum absolute atomic E-state index is 13.6. The van der Waals surface area contributed by atoms with Crippen LogP contribution in [-0.4, -0.2) is 77.2 Å². The number of hydrogen-bond donors (Lipinski definition) is 1. The number of benzene rings is 2. The van der Waals surface area contributed by atoms with E-state index in [-0.39, 0.29) is 23.8 Å². The first kappa shape index (κ1) is 30.5. The summed E-state index contributed by atoms with van der Waals surface area (Å²) in [6, 6.07) is 11.5. The molecule has 8 nitrogen and oxygen atoms in total. The summed E-state index contributed by atoms with van der Waals surface area (Å²) in [5, 5.41) is 3.44. The molecule has 1 aliphatic heterocycles. The number of aromatic nitrogens is 1. The van der Waals surface area contributed by atoms with E-state index in [1.54, 1.807) is 17.2 Å². The largest absolute Gasteiger partial charge is 0.335 e. The standard InChI is InChI=1S/C31H37N5O3S2/c1-7-24-19-35(12-13-36(24)27(37)8-2)30(39)25-16-26(21(4)14-20(25)3)40-28-17-32-31(41-28)33-29(38)23-11-9-10-22(15-23)18-34(5)6/h8-11,14-17,24H,2,7,12-13,18-19H2,1,3-6H3,(H,32,33,38)/t24-/m1/s1. The first-order chi connectivity index (χ1) is 19.6. The van der Waals surface area contributed by atoms with E-state index in [1.165, 1.54) is 29.2 Å². The number of carbonyl (C=O) groups excluding carboxylic acids is 3. The predicted molar refractivity (Wildman–Crippen MR) is 166 cm³/mol. The average Bonchev–Trinajstić information content (AvgIpc) is 3.39. The zero-order valence-electron chi connectivity index (χ0n) is 24.3. The van der Waals surface area contributed by atoms with Crippen LogP contribution in [0.15, 0.2) is 64.4 Å². The molecule has 10 heteroatoms. The van der Waals surface area contributed by atoms with E-state index in [0.717, 1.165) is 38.8 Å². The van der Waals surface area contributed by atoms with E-state index >= 15 is 0 Å². The zero-order chi connectivity index (χ0) is 29.7. The van der Waals surface area contributed by atoms with Gasteiger partial charge in [0.1, 0.15) is 0 Å². The number of hydrogen-bond acceptors (Lipinski definition) is 7. The Morgan fingerprint density at radius 2 is 1.95 bits per heavy atom. The molecule has 1 fully saturated rings. The molecular weight excluding hydrogens is 555 g/mol. The monoisotopic (exact) mass is 591 g/mol. The maximum Gasteiger partial charge on any atom is 0.257 e. The van der Waals surface area contributed by atoms with Crippen LogP contribution in [0.5, 0.6) is 0 Å². The summed E-state index contributed by atoms with van der Waals surface area (Å²) in [5.41, 5.74) is 4.30. The van der Waals surface area contributed by atoms with Gasteiger partial charge in [-0.1, -0.05) is 54.8 Å². The average molecular weight is 592 g/mol. The second-order valence-corrected chi connectivity index (χ2v) is 12.8. The highest BCUT2D eigenvalue weighted by molar-refractivity contribution is 8.01. The van der Waals surface area contributed by atoms with Crippen LogP contribution in [0.1, 0.15) is 50.8 Å². The molecule has 3 aromatic rings. The number of thiazole rings is 1. The highest BCUT2D eigenvalue weighted by atomic mass is 32.2. The minimum absolute atomic E-state index is 0.0257. The fraction of sp³-hybridized carbons (Fsp3) is 0.355. The summed E-state index contributed by atoms with van der Waals surface area (Å²) in [6.07, 6.45) is 3.85. The third-order valence-electron chi connectivity index (χ3n) is 7.05. The second-order valence-electron chi connectivity index (χ2n) is 10.5. The van der Waals surface area contributed by atoms with Crippen molar-refractivity contribution in [3.05, 3.63) is 83.1 Å². The fourth-order valence-corrected chi connectivity index (χ4v) is 6.89. The van der Waals surface area contributed by atoms with Gasteiger partial charge in [0.05, 0.1) is 10.4 Å². The Balaban J connectivity index is 1.46. The van der Waals surface area contributed by atoms with Crippen molar-refractivity contribution in [1.29, 1.82) is 0 Å². The van der Waals surface area contributed by atoms with Crippen molar-refractivity contribution < 1.29 is 14.4 Å². The van der Waals surface area contributed by atoms with Gasteiger partial charge in [0.25, 0.3) is 11.8 Å². The van der Waals surface area contributed by atoms with Crippen LogP contribution in [0.25, 0.3) is 0 Å². The molecule has 41 heavy (non-hydrogen) atoms. The lowest BCUT2D eigenvalue weighted by molar-refractivity contribution is -0.130. The second kappa shape index (κ2) is 13.5. The van der Waals surface area contributed by atoms with E-state index in [1.807, 2.05) is 70.1 Å². The summed E-state index contributed by atoms with van der Waals surface area (Å²) in [6.45, 7) is 11.9. The number of carbonyl (C=O) groups is 3. The molecule has 2 aromatic carbocycles. The fourth-order valence-electron chi connectivity index (χ4n) is 4.96. The smallest absolute Gasteiger partial charge is 0.257 e. The quantitative estimate of drug-likeness (QED) is 0.332. The molecule has 3 amide bonds. The van der Waals surface area contributed by atoms with Gasteiger partial charge in [0, 0.05) is 48.2 Å². The summed E-state index contributed by atoms with van der Waals surface area (Å²) < 4.78 is 0.912. The zero-order valence-corrected chi connectivity index (χ0v) is 25.9. The van der Waals surface area contributed by atoms with Gasteiger partial charge in [-0.25, -0.2) is 4.98 Å². The molecule has 0 unspecified atom stereocenters. The Kier molecular flexibility index (Phi) is 10.0. The predicted octanol–water partition coefficient (Wildman–Crippen LogP) is 5.47. The lowest BCUT2D eigenvalue weighted by Crippen LogP contribution is -2.56. The van der Waals surface area contributed by atoms with Gasteiger partial charge >= 0.3 is 0 Å². The first-order valence-electron chi connectivity index (χ1n) is 13.6. The number of piperazine rings is 1. The molecule has 1 N–H and O–H groups in total. The Bertz CT molecular complexity index is 1450. The third-order valence-corrected chi connectivity index (χ3v) is 9.23. The van der Waals surface area contributed by atoms with Crippen LogP contribution in [0, 0.1) is 13.8 Å². The number of nitrogens with one attached hydrogen (secondary N) is 1. The van der Waals surface area contributed by atoms with Gasteiger partial charge in [-0.05, 0) is 75.3 Å². The first-order valence-corrected chi connectivity index (χ1v) is 15.2. The van der Waals surface area contributed by atoms with Gasteiger partial charge in [0.15, 0.2) is 5.13 Å². The molecule has 4 rings (SSSR count). The summed E-state index contributed by atoms with van der Waals surface area (Å²) in [7, 11) is 3.99. The van der Waals surface area contributed by atoms with Crippen molar-refractivity contribution in [1.82, 2.24) is 19.7 Å². The maximum atomic E-state index is 13.6. The van der Waals surface area contributed by atoms with Crippen molar-refractivity contribution >= 4 is 46.0 Å². The number of anilines is 1. The van der Waals surface area contributed by atoms with Crippen molar-refractivity contribution in [3.8, 4) is 0 Å². The van der Waals surface area contributed by atoms with E-state index in [2.05, 4.69) is 21.8 Å². The molecule has 1 aliphatic rings. The van der Waals surface area contributed by atoms with Gasteiger partial charge in [-0.2, -0.15) is 0 Å². The Morgan fingerprint density at radius 3 is 2.66 bits per heavy atom. The SMILES string of the molecule is C=CC(=O)N1CCN(C(=O)c2cc(Sc3cnc(NC(=O)c4cccc(CN(C)C)c4)s3)c(C)cc2C)C[C@H]1CC. The van der Waals surface area contributed by atoms with E-state index < -0.39 is 0 Å². The van der Waals surface area contributed by atoms with E-state index in [4.69, 9.17) is 0 Å². The highest BCUT2D eigenvalue weighted by Gasteiger charge is 2.31. The lowest BCUT2D eigenvalue weighted by Gasteiger charge is -2.41. The minimum atomic E-state index is -0.198. The van der Waals surface area contributed by atoms with Crippen molar-refractivity contribution in [2.45, 2.75) is 48.9 Å². The van der Waals surface area contributed by atoms with Gasteiger partial charge in [-0.15, -0.1) is 0 Å². The summed E-state index contributed by atoms with van der Waals surface area (Å²) in [5.74, 6) is -0.314. The van der Waals surface area contributed by atoms with Crippen LogP contribution < -0.4 is 5.32 Å². The van der Waals surface area contributed by atoms with Crippen LogP contribution in [0.4, 0.5) is 5.13 Å². The molecule has 1 saturated heterocycles. The van der Waals surface area contributed by atoms with E-state index in [9.17, 15) is 14.4 Å². The molecule has 1 atom stereocenters. The van der Waals surface area contributed by atoms with Gasteiger partial charge in [0.2, 0.25) is 5.91 Å². The Morgan fingerprint density at radius 1 is 1.17 bits per heavy atom. The molecule has 2 heterocycles. The Labute approximate surface area is 250 Å². The van der Waals surface area contributed by atoms with E-state index in [0.29, 0.717) is 35.9 Å². The molecule has 0 saturated carbocycles. The van der Waals surface area contributed by atoms with Crippen molar-refractivity contribution in [3.63, 3.8) is 0 Å². The number of aryl methyl sites for hydroxylation is 2. The van der Waals surface area contributed by atoms with Crippen LogP contribution in [0.2, 0.25) is 0 Å². The highest BCUT2D eigenvalue weighted by Crippen LogP contribution is 2.37. The molecule has 0 spiro atoms. The molecule has 0 bridgehead atoms. The molecule has 0 radical (unpaired) electrons. The van der Waals surface area contributed by atoms with Crippen LogP contribution in [-0.2, 0) is 11.3 Å². The summed E-state index contributed by atoms with van der Waals surface area (Å²) in [4.78, 5) is 49.8. The normalized spacial score (nSPS) is 15.2. The third kappa shape index (κ3) is 7.44. The van der Waals surface area contributed by atoms with Crippen molar-refractivity contribution in [2.75, 3.05) is 39.0 Å². The van der Waals surface area contributed by atoms with Gasteiger partial charge < -0.3 is 14.7 Å². The molecule has 0 aliphatic carbocycles. The number of nitrogens with zero attached hydrogens (tertiary/aromatic N) is 4. The lowest BCUT2D eigenvalue weighted by atomic mass is 10.0. The van der Waals surface area contributed by atoms with Crippen LogP contribution in [0.3, 0.4) is 0 Å². The minimum Gasteiger partial charge on any atom is -0.335 e. The van der Waals surface area contributed by atoms with Crippen molar-refractivity contribution in [2.24, 2.45) is 0 Å². The number of amides is 3. The molecule has 216 valence electrons. The topological polar surface area (TPSA) is 85.9 Å². The van der Waals surface area contributed by atoms with Crippen LogP contribution >= 0.6 is 23.1 Å². The Hall–Kier alpha value is -3.47. The molecule has 1 aromatic heterocycles. The summed E-state index contributed by atoms with van der Waals surface area (Å²) >= 11 is 2.93. The molecular formula is C31H37N5O3S2. The van der Waals surface area contributed by atoms with Gasteiger partial charge in [-0.3, -0.25) is 19.7 Å².